The molecular formula is C14H17N3O2. The molecule has 2 N–H and O–H groups in total. The number of nitrogens with one attached hydrogen (secondary N) is 1. The molecule has 1 fully saturated rings. The lowest BCUT2D eigenvalue weighted by Crippen LogP contribution is -2.15. The number of aliphatic hydroxyl groups excluding tert-OH is 1. The SMILES string of the molecule is Cc1cccc(Cc2noc([C@H]3C[C@@H](O)CN3)n2)c1. The van der Waals surface area contributed by atoms with Gasteiger partial charge in [0.05, 0.1) is 12.1 Å². The van der Waals surface area contributed by atoms with Crippen molar-refractivity contribution in [2.75, 3.05) is 6.54 Å². The molecule has 2 atom stereocenters. The molecule has 2 aromatic rings. The van der Waals surface area contributed by atoms with Gasteiger partial charge in [0.25, 0.3) is 0 Å². The fraction of sp³-hybridized carbons (Fsp3) is 0.429. The number of rotatable bonds is 3. The maximum Gasteiger partial charge on any atom is 0.243 e. The third kappa shape index (κ3) is 2.83. The van der Waals surface area contributed by atoms with Crippen molar-refractivity contribution in [1.29, 1.82) is 0 Å². The highest BCUT2D eigenvalue weighted by atomic mass is 16.5. The summed E-state index contributed by atoms with van der Waals surface area (Å²) < 4.78 is 5.26. The maximum absolute atomic E-state index is 9.48. The molecule has 1 aliphatic heterocycles. The van der Waals surface area contributed by atoms with Crippen LogP contribution in [0.2, 0.25) is 0 Å². The van der Waals surface area contributed by atoms with Gasteiger partial charge in [-0.25, -0.2) is 0 Å². The first-order chi connectivity index (χ1) is 9.20. The van der Waals surface area contributed by atoms with Crippen molar-refractivity contribution in [3.05, 3.63) is 47.1 Å². The largest absolute Gasteiger partial charge is 0.392 e. The van der Waals surface area contributed by atoms with Gasteiger partial charge < -0.3 is 14.9 Å². The molecule has 1 aromatic heterocycles. The van der Waals surface area contributed by atoms with Crippen LogP contribution in [0.25, 0.3) is 0 Å². The van der Waals surface area contributed by atoms with Crippen LogP contribution in [0.5, 0.6) is 0 Å². The number of aryl methyl sites for hydroxylation is 1. The van der Waals surface area contributed by atoms with E-state index in [9.17, 15) is 5.11 Å². The third-order valence-electron chi connectivity index (χ3n) is 3.33. The minimum atomic E-state index is -0.322. The number of aliphatic hydroxyl groups is 1. The smallest absolute Gasteiger partial charge is 0.243 e. The molecule has 19 heavy (non-hydrogen) atoms. The van der Waals surface area contributed by atoms with Crippen LogP contribution in [0.4, 0.5) is 0 Å². The highest BCUT2D eigenvalue weighted by Gasteiger charge is 2.27. The van der Waals surface area contributed by atoms with Crippen molar-refractivity contribution >= 4 is 0 Å². The molecule has 5 nitrogen and oxygen atoms in total. The Morgan fingerprint density at radius 2 is 2.37 bits per heavy atom. The fourth-order valence-electron chi connectivity index (χ4n) is 2.39. The Morgan fingerprint density at radius 1 is 1.47 bits per heavy atom. The second-order valence-electron chi connectivity index (χ2n) is 5.07. The number of hydrogen-bond donors (Lipinski definition) is 2. The summed E-state index contributed by atoms with van der Waals surface area (Å²) in [6, 6.07) is 8.25. The molecular weight excluding hydrogens is 242 g/mol. The van der Waals surface area contributed by atoms with E-state index < -0.39 is 0 Å². The summed E-state index contributed by atoms with van der Waals surface area (Å²) in [7, 11) is 0. The van der Waals surface area contributed by atoms with Crippen molar-refractivity contribution < 1.29 is 9.63 Å². The highest BCUT2D eigenvalue weighted by Crippen LogP contribution is 2.22. The summed E-state index contributed by atoms with van der Waals surface area (Å²) in [5.41, 5.74) is 2.40. The summed E-state index contributed by atoms with van der Waals surface area (Å²) >= 11 is 0. The molecule has 0 amide bonds. The van der Waals surface area contributed by atoms with Gasteiger partial charge in [-0.1, -0.05) is 35.0 Å². The quantitative estimate of drug-likeness (QED) is 0.871. The van der Waals surface area contributed by atoms with Gasteiger partial charge in [-0.05, 0) is 18.9 Å². The Kier molecular flexibility index (Phi) is 3.31. The van der Waals surface area contributed by atoms with Crippen LogP contribution in [-0.4, -0.2) is 27.9 Å². The highest BCUT2D eigenvalue weighted by molar-refractivity contribution is 5.24. The van der Waals surface area contributed by atoms with Gasteiger partial charge in [0.2, 0.25) is 5.89 Å². The lowest BCUT2D eigenvalue weighted by Gasteiger charge is -2.01. The minimum Gasteiger partial charge on any atom is -0.392 e. The van der Waals surface area contributed by atoms with Crippen molar-refractivity contribution in [1.82, 2.24) is 15.5 Å². The summed E-state index contributed by atoms with van der Waals surface area (Å²) in [5, 5.41) is 16.6. The average molecular weight is 259 g/mol. The second kappa shape index (κ2) is 5.11. The Balaban J connectivity index is 1.71. The van der Waals surface area contributed by atoms with Crippen molar-refractivity contribution in [2.24, 2.45) is 0 Å². The van der Waals surface area contributed by atoms with Gasteiger partial charge in [0, 0.05) is 13.0 Å². The normalized spacial score (nSPS) is 22.8. The van der Waals surface area contributed by atoms with Crippen molar-refractivity contribution in [2.45, 2.75) is 31.9 Å². The lowest BCUT2D eigenvalue weighted by molar-refractivity contribution is 0.191. The van der Waals surface area contributed by atoms with E-state index in [1.807, 2.05) is 6.07 Å². The zero-order valence-electron chi connectivity index (χ0n) is 10.8. The molecule has 100 valence electrons. The van der Waals surface area contributed by atoms with E-state index in [1.54, 1.807) is 0 Å². The number of benzene rings is 1. The maximum atomic E-state index is 9.48. The average Bonchev–Trinajstić information content (AvgIpc) is 2.98. The molecule has 1 aliphatic rings. The van der Waals surface area contributed by atoms with Gasteiger partial charge in [0.15, 0.2) is 5.82 Å². The zero-order valence-corrected chi connectivity index (χ0v) is 10.8. The summed E-state index contributed by atoms with van der Waals surface area (Å²) in [6.07, 6.45) is 0.976. The molecule has 0 spiro atoms. The van der Waals surface area contributed by atoms with Crippen molar-refractivity contribution in [3.63, 3.8) is 0 Å². The van der Waals surface area contributed by atoms with Crippen LogP contribution >= 0.6 is 0 Å². The third-order valence-corrected chi connectivity index (χ3v) is 3.33. The van der Waals surface area contributed by atoms with Gasteiger partial charge in [-0.2, -0.15) is 4.98 Å². The summed E-state index contributed by atoms with van der Waals surface area (Å²) in [5.74, 6) is 1.25. The molecule has 0 bridgehead atoms. The van der Waals surface area contributed by atoms with Crippen LogP contribution in [0, 0.1) is 6.92 Å². The van der Waals surface area contributed by atoms with Gasteiger partial charge in [0.1, 0.15) is 0 Å². The fourth-order valence-corrected chi connectivity index (χ4v) is 2.39. The number of β-amino-alcohol motifs (C(OH)–C–C–N with tert-alkyl or cyclic N) is 1. The topological polar surface area (TPSA) is 71.2 Å². The molecule has 1 saturated heterocycles. The summed E-state index contributed by atoms with van der Waals surface area (Å²) in [6.45, 7) is 2.65. The van der Waals surface area contributed by atoms with Crippen molar-refractivity contribution in [3.8, 4) is 0 Å². The molecule has 5 heteroatoms. The Morgan fingerprint density at radius 3 is 3.11 bits per heavy atom. The van der Waals surface area contributed by atoms with Gasteiger partial charge in [-0.3, -0.25) is 0 Å². The van der Waals surface area contributed by atoms with E-state index in [0.29, 0.717) is 31.1 Å². The van der Waals surface area contributed by atoms with E-state index in [1.165, 1.54) is 11.1 Å². The predicted octanol–water partition coefficient (Wildman–Crippen LogP) is 1.36. The molecule has 0 aliphatic carbocycles. The number of nitrogens with zero attached hydrogens (tertiary/aromatic N) is 2. The van der Waals surface area contributed by atoms with Crippen LogP contribution in [0.1, 0.15) is 35.3 Å². The van der Waals surface area contributed by atoms with E-state index in [-0.39, 0.29) is 12.1 Å². The Labute approximate surface area is 111 Å². The monoisotopic (exact) mass is 259 g/mol. The van der Waals surface area contributed by atoms with Crippen LogP contribution in [0.3, 0.4) is 0 Å². The standard InChI is InChI=1S/C14H17N3O2/c1-9-3-2-4-10(5-9)6-13-16-14(19-17-13)12-7-11(18)8-15-12/h2-5,11-12,15,18H,6-8H2,1H3/t11-,12-/m1/s1. The van der Waals surface area contributed by atoms with Gasteiger partial charge >= 0.3 is 0 Å². The van der Waals surface area contributed by atoms with E-state index in [0.717, 1.165) is 0 Å². The van der Waals surface area contributed by atoms with Gasteiger partial charge in [-0.15, -0.1) is 0 Å². The van der Waals surface area contributed by atoms with Crippen LogP contribution in [-0.2, 0) is 6.42 Å². The first kappa shape index (κ1) is 12.3. The first-order valence-electron chi connectivity index (χ1n) is 6.50. The molecule has 3 rings (SSSR count). The van der Waals surface area contributed by atoms with Crippen LogP contribution in [0.15, 0.2) is 28.8 Å². The molecule has 0 unspecified atom stereocenters. The number of aromatic nitrogens is 2. The molecule has 0 radical (unpaired) electrons. The first-order valence-corrected chi connectivity index (χ1v) is 6.50. The Hall–Kier alpha value is -1.72. The lowest BCUT2D eigenvalue weighted by atomic mass is 10.1. The second-order valence-corrected chi connectivity index (χ2v) is 5.07. The van der Waals surface area contributed by atoms with E-state index >= 15 is 0 Å². The number of hydrogen-bond acceptors (Lipinski definition) is 5. The Bertz CT molecular complexity index is 567. The predicted molar refractivity (Wildman–Crippen MR) is 69.7 cm³/mol. The molecule has 2 heterocycles. The zero-order chi connectivity index (χ0) is 13.2. The molecule has 0 saturated carbocycles. The minimum absolute atomic E-state index is 0.0197. The summed E-state index contributed by atoms with van der Waals surface area (Å²) in [4.78, 5) is 4.40. The molecule has 1 aromatic carbocycles. The van der Waals surface area contributed by atoms with E-state index in [2.05, 4.69) is 40.6 Å². The van der Waals surface area contributed by atoms with E-state index in [4.69, 9.17) is 4.52 Å². The van der Waals surface area contributed by atoms with Crippen LogP contribution < -0.4 is 5.32 Å².